The van der Waals surface area contributed by atoms with Crippen molar-refractivity contribution in [3.8, 4) is 5.75 Å². The molecule has 1 N–H and O–H groups in total. The number of aliphatic hydroxyl groups is 1. The van der Waals surface area contributed by atoms with Crippen LogP contribution < -0.4 is 4.74 Å². The van der Waals surface area contributed by atoms with Crippen LogP contribution in [0.5, 0.6) is 5.75 Å². The van der Waals surface area contributed by atoms with Crippen molar-refractivity contribution in [2.75, 3.05) is 13.2 Å². The van der Waals surface area contributed by atoms with E-state index in [1.165, 1.54) is 10.5 Å². The van der Waals surface area contributed by atoms with E-state index in [2.05, 4.69) is 6.92 Å². The fraction of sp³-hybridized carbons (Fsp3) is 0.600. The number of ether oxygens (including phenoxy) is 1. The van der Waals surface area contributed by atoms with E-state index >= 15 is 0 Å². The summed E-state index contributed by atoms with van der Waals surface area (Å²) < 4.78 is 5.59. The van der Waals surface area contributed by atoms with E-state index in [4.69, 9.17) is 4.74 Å². The van der Waals surface area contributed by atoms with Crippen LogP contribution in [-0.4, -0.2) is 41.1 Å². The number of imide groups is 1. The van der Waals surface area contributed by atoms with Crippen LogP contribution in [0.4, 0.5) is 0 Å². The Kier molecular flexibility index (Phi) is 5.42. The van der Waals surface area contributed by atoms with Crippen LogP contribution in [-0.2, 0) is 16.0 Å². The van der Waals surface area contributed by atoms with Gasteiger partial charge in [0.2, 0.25) is 11.8 Å². The summed E-state index contributed by atoms with van der Waals surface area (Å²) in [6.07, 6.45) is 5.13. The third kappa shape index (κ3) is 3.87. The summed E-state index contributed by atoms with van der Waals surface area (Å²) in [7, 11) is 0. The van der Waals surface area contributed by atoms with E-state index in [9.17, 15) is 14.7 Å². The molecule has 1 aromatic rings. The summed E-state index contributed by atoms with van der Waals surface area (Å²) in [4.78, 5) is 26.3. The minimum atomic E-state index is -0.877. The normalized spacial score (nSPS) is 21.0. The highest BCUT2D eigenvalue weighted by molar-refractivity contribution is 6.05. The highest BCUT2D eigenvalue weighted by atomic mass is 16.5. The van der Waals surface area contributed by atoms with Gasteiger partial charge in [-0.25, -0.2) is 0 Å². The number of likely N-dealkylation sites (tertiary alicyclic amines) is 1. The second kappa shape index (κ2) is 7.56. The number of β-amino-alcohol motifs (C(OH)–C–C–N with tert-alkyl or cyclic N) is 1. The molecule has 0 bridgehead atoms. The third-order valence-electron chi connectivity index (χ3n) is 5.47. The van der Waals surface area contributed by atoms with Gasteiger partial charge in [0.1, 0.15) is 18.5 Å². The van der Waals surface area contributed by atoms with Crippen molar-refractivity contribution in [3.05, 3.63) is 29.8 Å². The van der Waals surface area contributed by atoms with E-state index in [0.717, 1.165) is 38.5 Å². The molecule has 2 amide bonds. The second-order valence-electron chi connectivity index (χ2n) is 7.29. The molecule has 1 spiro atoms. The first-order valence-corrected chi connectivity index (χ1v) is 9.29. The molecule has 5 heteroatoms. The van der Waals surface area contributed by atoms with Crippen molar-refractivity contribution in [1.82, 2.24) is 4.90 Å². The minimum Gasteiger partial charge on any atom is -0.491 e. The lowest BCUT2D eigenvalue weighted by Crippen LogP contribution is -2.42. The lowest BCUT2D eigenvalue weighted by molar-refractivity contribution is -0.144. The number of aryl methyl sites for hydroxylation is 1. The molecule has 1 aliphatic carbocycles. The lowest BCUT2D eigenvalue weighted by atomic mass is 9.73. The smallest absolute Gasteiger partial charge is 0.235 e. The van der Waals surface area contributed by atoms with Crippen molar-refractivity contribution < 1.29 is 19.4 Å². The minimum absolute atomic E-state index is 0.0203. The molecule has 0 aromatic heterocycles. The van der Waals surface area contributed by atoms with Crippen LogP contribution in [0.3, 0.4) is 0 Å². The van der Waals surface area contributed by atoms with Gasteiger partial charge in [0.25, 0.3) is 0 Å². The summed E-state index contributed by atoms with van der Waals surface area (Å²) in [5, 5.41) is 10.2. The second-order valence-corrected chi connectivity index (χ2v) is 7.29. The number of nitrogens with zero attached hydrogens (tertiary/aromatic N) is 1. The molecule has 1 heterocycles. The maximum atomic E-state index is 12.7. The molecule has 1 aromatic carbocycles. The first-order chi connectivity index (χ1) is 12.0. The summed E-state index contributed by atoms with van der Waals surface area (Å²) in [5.74, 6) is 0.431. The van der Waals surface area contributed by atoms with Crippen LogP contribution in [0.15, 0.2) is 24.3 Å². The van der Waals surface area contributed by atoms with Gasteiger partial charge in [-0.05, 0) is 37.0 Å². The predicted molar refractivity (Wildman–Crippen MR) is 94.2 cm³/mol. The molecule has 0 radical (unpaired) electrons. The molecule has 1 saturated heterocycles. The first-order valence-electron chi connectivity index (χ1n) is 9.29. The van der Waals surface area contributed by atoms with Crippen LogP contribution >= 0.6 is 0 Å². The van der Waals surface area contributed by atoms with Gasteiger partial charge >= 0.3 is 0 Å². The largest absolute Gasteiger partial charge is 0.491 e. The number of benzene rings is 1. The number of carbonyl (C=O) groups excluding carboxylic acids is 2. The quantitative estimate of drug-likeness (QED) is 0.805. The number of rotatable bonds is 6. The van der Waals surface area contributed by atoms with E-state index in [-0.39, 0.29) is 25.0 Å². The number of hydrogen-bond donors (Lipinski definition) is 1. The fourth-order valence-corrected chi connectivity index (χ4v) is 3.94. The van der Waals surface area contributed by atoms with Crippen LogP contribution in [0.1, 0.15) is 51.0 Å². The number of aliphatic hydroxyl groups excluding tert-OH is 1. The Labute approximate surface area is 149 Å². The molecule has 136 valence electrons. The molecule has 1 saturated carbocycles. The standard InChI is InChI=1S/C20H27NO4/c1-2-15-6-8-17(9-7-15)25-14-16(22)13-21-18(23)12-20(19(21)24)10-4-3-5-11-20/h6-9,16,22H,2-5,10-14H2,1H3/t16-/m1/s1. The predicted octanol–water partition coefficient (Wildman–Crippen LogP) is 2.70. The molecular formula is C20H27NO4. The van der Waals surface area contributed by atoms with E-state index < -0.39 is 11.5 Å². The molecule has 5 nitrogen and oxygen atoms in total. The summed E-state index contributed by atoms with van der Waals surface area (Å²) >= 11 is 0. The van der Waals surface area contributed by atoms with Gasteiger partial charge in [0.15, 0.2) is 0 Å². The Hall–Kier alpha value is -1.88. The number of carbonyl (C=O) groups is 2. The van der Waals surface area contributed by atoms with Crippen molar-refractivity contribution in [2.45, 2.75) is 58.0 Å². The lowest BCUT2D eigenvalue weighted by Gasteiger charge is -2.30. The Balaban J connectivity index is 1.54. The molecule has 1 atom stereocenters. The van der Waals surface area contributed by atoms with Gasteiger partial charge in [0.05, 0.1) is 12.0 Å². The number of hydrogen-bond acceptors (Lipinski definition) is 4. The summed E-state index contributed by atoms with van der Waals surface area (Å²) in [5.41, 5.74) is 0.727. The van der Waals surface area contributed by atoms with E-state index in [1.54, 1.807) is 0 Å². The molecular weight excluding hydrogens is 318 g/mol. The van der Waals surface area contributed by atoms with Gasteiger partial charge in [-0.2, -0.15) is 0 Å². The van der Waals surface area contributed by atoms with Crippen LogP contribution in [0.2, 0.25) is 0 Å². The number of amides is 2. The summed E-state index contributed by atoms with van der Waals surface area (Å²) in [6, 6.07) is 7.72. The van der Waals surface area contributed by atoms with Gasteiger partial charge in [-0.1, -0.05) is 38.3 Å². The van der Waals surface area contributed by atoms with Crippen LogP contribution in [0.25, 0.3) is 0 Å². The average Bonchev–Trinajstić information content (AvgIpc) is 2.85. The van der Waals surface area contributed by atoms with Crippen molar-refractivity contribution in [2.24, 2.45) is 5.41 Å². The van der Waals surface area contributed by atoms with Gasteiger partial charge in [-0.15, -0.1) is 0 Å². The molecule has 3 rings (SSSR count). The third-order valence-corrected chi connectivity index (χ3v) is 5.47. The van der Waals surface area contributed by atoms with Crippen LogP contribution in [0, 0.1) is 5.41 Å². The Bertz CT molecular complexity index is 619. The molecule has 0 unspecified atom stereocenters. The Morgan fingerprint density at radius 3 is 2.48 bits per heavy atom. The highest BCUT2D eigenvalue weighted by Crippen LogP contribution is 2.45. The highest BCUT2D eigenvalue weighted by Gasteiger charge is 2.51. The maximum Gasteiger partial charge on any atom is 0.235 e. The monoisotopic (exact) mass is 345 g/mol. The molecule has 2 aliphatic rings. The van der Waals surface area contributed by atoms with E-state index in [1.807, 2.05) is 24.3 Å². The van der Waals surface area contributed by atoms with Gasteiger partial charge < -0.3 is 9.84 Å². The zero-order chi connectivity index (χ0) is 17.9. The van der Waals surface area contributed by atoms with Gasteiger partial charge in [-0.3, -0.25) is 14.5 Å². The molecule has 1 aliphatic heterocycles. The Morgan fingerprint density at radius 2 is 1.84 bits per heavy atom. The van der Waals surface area contributed by atoms with E-state index in [0.29, 0.717) is 12.2 Å². The maximum absolute atomic E-state index is 12.7. The van der Waals surface area contributed by atoms with Crippen molar-refractivity contribution in [1.29, 1.82) is 0 Å². The zero-order valence-electron chi connectivity index (χ0n) is 14.9. The topological polar surface area (TPSA) is 66.8 Å². The molecule has 25 heavy (non-hydrogen) atoms. The zero-order valence-corrected chi connectivity index (χ0v) is 14.9. The first kappa shape index (κ1) is 17.9. The fourth-order valence-electron chi connectivity index (χ4n) is 3.94. The van der Waals surface area contributed by atoms with Crippen molar-refractivity contribution >= 4 is 11.8 Å². The average molecular weight is 345 g/mol. The SMILES string of the molecule is CCc1ccc(OC[C@H](O)CN2C(=O)CC3(CCCCC3)C2=O)cc1. The van der Waals surface area contributed by atoms with Crippen molar-refractivity contribution in [3.63, 3.8) is 0 Å². The van der Waals surface area contributed by atoms with Gasteiger partial charge in [0, 0.05) is 6.42 Å². The summed E-state index contributed by atoms with van der Waals surface area (Å²) in [6.45, 7) is 2.17. The Morgan fingerprint density at radius 1 is 1.16 bits per heavy atom. The molecule has 2 fully saturated rings.